The molecule has 0 bridgehead atoms. The lowest BCUT2D eigenvalue weighted by Gasteiger charge is -2.01. The van der Waals surface area contributed by atoms with Crippen molar-refractivity contribution < 1.29 is 0 Å². The smallest absolute Gasteiger partial charge is 0.0226 e. The minimum Gasteiger partial charge on any atom is -0.269 e. The van der Waals surface area contributed by atoms with Crippen molar-refractivity contribution in [2.24, 2.45) is 10.9 Å². The van der Waals surface area contributed by atoms with Gasteiger partial charge in [0.2, 0.25) is 0 Å². The normalized spacial score (nSPS) is 15.8. The molecule has 1 unspecified atom stereocenters. The predicted octanol–water partition coefficient (Wildman–Crippen LogP) is 5.92. The van der Waals surface area contributed by atoms with Gasteiger partial charge in [0, 0.05) is 18.2 Å². The number of hydrogen-bond acceptors (Lipinski definition) is 2. The molecule has 2 heteroatoms. The van der Waals surface area contributed by atoms with E-state index in [1.165, 1.54) is 5.57 Å². The fourth-order valence-corrected chi connectivity index (χ4v) is 1.59. The Balaban J connectivity index is -0.000000214. The van der Waals surface area contributed by atoms with Crippen LogP contribution in [0.5, 0.6) is 0 Å². The number of allylic oxidation sites excluding steroid dienone is 3. The fourth-order valence-electron chi connectivity index (χ4n) is 1.04. The Morgan fingerprint density at radius 3 is 2.26 bits per heavy atom. The Morgan fingerprint density at radius 1 is 1.42 bits per heavy atom. The first kappa shape index (κ1) is 23.1. The van der Waals surface area contributed by atoms with E-state index < -0.39 is 0 Å². The Hall–Kier alpha value is -1.02. The highest BCUT2D eigenvalue weighted by atomic mass is 32.2. The molecule has 0 saturated heterocycles. The molecule has 0 saturated carbocycles. The van der Waals surface area contributed by atoms with Gasteiger partial charge in [0.25, 0.3) is 0 Å². The first-order valence-corrected chi connectivity index (χ1v) is 8.05. The van der Waals surface area contributed by atoms with Gasteiger partial charge >= 0.3 is 0 Å². The van der Waals surface area contributed by atoms with E-state index in [0.29, 0.717) is 5.92 Å². The first-order valence-electron chi connectivity index (χ1n) is 6.66. The monoisotopic (exact) mass is 281 g/mol. The van der Waals surface area contributed by atoms with Crippen molar-refractivity contribution in [3.8, 4) is 0 Å². The largest absolute Gasteiger partial charge is 0.269 e. The van der Waals surface area contributed by atoms with Crippen LogP contribution in [0, 0.1) is 5.92 Å². The lowest BCUT2D eigenvalue weighted by atomic mass is 10.1. The summed E-state index contributed by atoms with van der Waals surface area (Å²) in [6, 6.07) is 0. The Morgan fingerprint density at radius 2 is 2.00 bits per heavy atom. The number of nitrogens with zero attached hydrogens (tertiary/aromatic N) is 1. The Labute approximate surface area is 125 Å². The molecule has 1 aliphatic rings. The summed E-state index contributed by atoms with van der Waals surface area (Å²) in [5.41, 5.74) is 1.38. The van der Waals surface area contributed by atoms with Gasteiger partial charge in [0.05, 0.1) is 0 Å². The first-order chi connectivity index (χ1) is 9.20. The second kappa shape index (κ2) is 22.2. The molecule has 1 aliphatic heterocycles. The van der Waals surface area contributed by atoms with E-state index in [9.17, 15) is 0 Å². The standard InChI is InChI=1S/C7H12S.C6H9N.C2H6.C2H4/c1-4-5-7(2)6-8-3;1-6-2-4-7-5-3-6;2*1-2/h4-5H,1,6H2,2-3H3;2,4-6H,3H2,1H3;1-2H3;1-2H2/b7-5+;;;. The third kappa shape index (κ3) is 22.6. The summed E-state index contributed by atoms with van der Waals surface area (Å²) >= 11 is 1.83. The van der Waals surface area contributed by atoms with E-state index >= 15 is 0 Å². The number of hydrogen-bond donors (Lipinski definition) is 0. The van der Waals surface area contributed by atoms with Crippen LogP contribution >= 0.6 is 11.8 Å². The van der Waals surface area contributed by atoms with Crippen LogP contribution < -0.4 is 0 Å². The van der Waals surface area contributed by atoms with Crippen molar-refractivity contribution in [1.29, 1.82) is 0 Å². The molecule has 0 aliphatic carbocycles. The molecule has 110 valence electrons. The number of aliphatic imine (C=N–C) groups is 1. The highest BCUT2D eigenvalue weighted by Gasteiger charge is 1.94. The summed E-state index contributed by atoms with van der Waals surface area (Å²) in [6.07, 6.45) is 13.0. The molecule has 1 nitrogen and oxygen atoms in total. The van der Waals surface area contributed by atoms with E-state index in [-0.39, 0.29) is 0 Å². The van der Waals surface area contributed by atoms with Crippen LogP contribution in [0.1, 0.15) is 34.1 Å². The molecule has 0 aromatic rings. The van der Waals surface area contributed by atoms with Crippen molar-refractivity contribution in [3.05, 3.63) is 49.7 Å². The van der Waals surface area contributed by atoms with Crippen molar-refractivity contribution in [2.75, 3.05) is 12.0 Å². The summed E-state index contributed by atoms with van der Waals surface area (Å²) in [4.78, 5) is 3.92. The van der Waals surface area contributed by atoms with Gasteiger partial charge in [0.15, 0.2) is 0 Å². The van der Waals surface area contributed by atoms with E-state index in [2.05, 4.69) is 50.9 Å². The zero-order chi connectivity index (χ0) is 15.5. The third-order valence-electron chi connectivity index (χ3n) is 1.86. The van der Waals surface area contributed by atoms with Crippen LogP contribution in [-0.4, -0.2) is 18.2 Å². The molecule has 1 rings (SSSR count). The summed E-state index contributed by atoms with van der Waals surface area (Å²) in [5, 5.41) is 0. The molecule has 0 aromatic carbocycles. The van der Waals surface area contributed by atoms with E-state index in [0.717, 1.165) is 12.2 Å². The maximum absolute atomic E-state index is 3.92. The third-order valence-corrected chi connectivity index (χ3v) is 2.60. The predicted molar refractivity (Wildman–Crippen MR) is 96.4 cm³/mol. The van der Waals surface area contributed by atoms with Crippen LogP contribution in [0.25, 0.3) is 0 Å². The van der Waals surface area contributed by atoms with Gasteiger partial charge < -0.3 is 0 Å². The zero-order valence-corrected chi connectivity index (χ0v) is 14.2. The van der Waals surface area contributed by atoms with Crippen LogP contribution in [0.2, 0.25) is 0 Å². The molecule has 0 aromatic heterocycles. The summed E-state index contributed by atoms with van der Waals surface area (Å²) in [7, 11) is 0. The van der Waals surface area contributed by atoms with Crippen molar-refractivity contribution in [1.82, 2.24) is 0 Å². The van der Waals surface area contributed by atoms with Gasteiger partial charge in [-0.3, -0.25) is 4.99 Å². The maximum Gasteiger partial charge on any atom is 0.0226 e. The lowest BCUT2D eigenvalue weighted by molar-refractivity contribution is 0.765. The fraction of sp³-hybridized carbons (Fsp3) is 0.471. The molecular formula is C17H31NS. The Bertz CT molecular complexity index is 264. The van der Waals surface area contributed by atoms with Gasteiger partial charge in [-0.15, -0.1) is 13.2 Å². The van der Waals surface area contributed by atoms with Crippen LogP contribution in [-0.2, 0) is 0 Å². The number of thioether (sulfide) groups is 1. The van der Waals surface area contributed by atoms with Gasteiger partial charge in [-0.25, -0.2) is 0 Å². The van der Waals surface area contributed by atoms with Gasteiger partial charge in [-0.2, -0.15) is 11.8 Å². The molecule has 0 N–H and O–H groups in total. The summed E-state index contributed by atoms with van der Waals surface area (Å²) in [6.45, 7) is 17.9. The van der Waals surface area contributed by atoms with Gasteiger partial charge in [-0.1, -0.05) is 51.2 Å². The molecular weight excluding hydrogens is 250 g/mol. The van der Waals surface area contributed by atoms with E-state index in [4.69, 9.17) is 0 Å². The van der Waals surface area contributed by atoms with Crippen molar-refractivity contribution in [3.63, 3.8) is 0 Å². The molecule has 0 spiro atoms. The van der Waals surface area contributed by atoms with Crippen LogP contribution in [0.3, 0.4) is 0 Å². The maximum atomic E-state index is 3.92. The zero-order valence-electron chi connectivity index (χ0n) is 13.4. The molecule has 1 atom stereocenters. The Kier molecular flexibility index (Phi) is 27.0. The molecule has 1 heterocycles. The van der Waals surface area contributed by atoms with Crippen LogP contribution in [0.15, 0.2) is 54.7 Å². The SMILES string of the molecule is C=C.C=C/C=C(\C)CSC.CC.CC1C=CN=CC1. The minimum atomic E-state index is 0.706. The second-order valence-electron chi connectivity index (χ2n) is 3.57. The highest BCUT2D eigenvalue weighted by molar-refractivity contribution is 7.98. The molecule has 19 heavy (non-hydrogen) atoms. The van der Waals surface area contributed by atoms with E-state index in [1.807, 2.05) is 50.2 Å². The van der Waals surface area contributed by atoms with Crippen molar-refractivity contribution in [2.45, 2.75) is 34.1 Å². The second-order valence-corrected chi connectivity index (χ2v) is 4.43. The quantitative estimate of drug-likeness (QED) is 0.462. The minimum absolute atomic E-state index is 0.706. The average Bonchev–Trinajstić information content (AvgIpc) is 2.45. The highest BCUT2D eigenvalue weighted by Crippen LogP contribution is 2.04. The van der Waals surface area contributed by atoms with Gasteiger partial charge in [0.1, 0.15) is 0 Å². The van der Waals surface area contributed by atoms with Gasteiger partial charge in [-0.05, 0) is 25.5 Å². The number of rotatable bonds is 3. The average molecular weight is 282 g/mol. The molecule has 0 amide bonds. The van der Waals surface area contributed by atoms with Crippen molar-refractivity contribution >= 4 is 18.0 Å². The summed E-state index contributed by atoms with van der Waals surface area (Å²) in [5.74, 6) is 1.82. The lowest BCUT2D eigenvalue weighted by Crippen LogP contribution is -1.92. The van der Waals surface area contributed by atoms with Crippen LogP contribution in [0.4, 0.5) is 0 Å². The molecule has 0 radical (unpaired) electrons. The topological polar surface area (TPSA) is 12.4 Å². The molecule has 0 fully saturated rings. The summed E-state index contributed by atoms with van der Waals surface area (Å²) < 4.78 is 0. The van der Waals surface area contributed by atoms with E-state index in [1.54, 1.807) is 0 Å².